The van der Waals surface area contributed by atoms with Gasteiger partial charge in [-0.05, 0) is 19.9 Å². The normalized spacial score (nSPS) is 10.2. The topological polar surface area (TPSA) is 54.2 Å². The number of hydrazine groups is 1. The van der Waals surface area contributed by atoms with Gasteiger partial charge >= 0.3 is 0 Å². The molecule has 1 heterocycles. The molecule has 0 atom stereocenters. The van der Waals surface area contributed by atoms with Crippen LogP contribution in [-0.4, -0.2) is 18.1 Å². The van der Waals surface area contributed by atoms with Gasteiger partial charge in [-0.1, -0.05) is 23.2 Å². The highest BCUT2D eigenvalue weighted by molar-refractivity contribution is 6.37. The maximum Gasteiger partial charge on any atom is 0.161 e. The standard InChI is InChI=1S/C9H14Cl2N4/c1-3-15(4-2)9-7(11)5-6(10)8(13-9)14-12/h5H,3-4,12H2,1-2H3,(H,13,14). The number of hydrogen-bond donors (Lipinski definition) is 2. The van der Waals surface area contributed by atoms with Gasteiger partial charge in [0.25, 0.3) is 0 Å². The SMILES string of the molecule is CCN(CC)c1nc(NN)c(Cl)cc1Cl. The summed E-state index contributed by atoms with van der Waals surface area (Å²) in [7, 11) is 0. The van der Waals surface area contributed by atoms with Gasteiger partial charge in [0.2, 0.25) is 0 Å². The zero-order valence-corrected chi connectivity index (χ0v) is 10.2. The van der Waals surface area contributed by atoms with Crippen LogP contribution in [0.2, 0.25) is 10.0 Å². The van der Waals surface area contributed by atoms with Crippen LogP contribution in [0.3, 0.4) is 0 Å². The summed E-state index contributed by atoms with van der Waals surface area (Å²) in [4.78, 5) is 6.29. The van der Waals surface area contributed by atoms with Gasteiger partial charge in [-0.15, -0.1) is 0 Å². The van der Waals surface area contributed by atoms with E-state index in [2.05, 4.69) is 10.4 Å². The van der Waals surface area contributed by atoms with E-state index in [1.807, 2.05) is 18.7 Å². The average Bonchev–Trinajstić information content (AvgIpc) is 2.22. The molecule has 0 bridgehead atoms. The van der Waals surface area contributed by atoms with Crippen molar-refractivity contribution >= 4 is 34.8 Å². The number of rotatable bonds is 4. The summed E-state index contributed by atoms with van der Waals surface area (Å²) >= 11 is 11.9. The molecule has 15 heavy (non-hydrogen) atoms. The minimum absolute atomic E-state index is 0.415. The molecule has 0 spiro atoms. The first-order chi connectivity index (χ1) is 7.13. The predicted molar refractivity (Wildman–Crippen MR) is 65.6 cm³/mol. The number of halogens is 2. The van der Waals surface area contributed by atoms with E-state index in [0.29, 0.717) is 21.7 Å². The van der Waals surface area contributed by atoms with E-state index in [-0.39, 0.29) is 0 Å². The molecule has 0 saturated carbocycles. The molecule has 6 heteroatoms. The highest BCUT2D eigenvalue weighted by atomic mass is 35.5. The van der Waals surface area contributed by atoms with Crippen molar-refractivity contribution in [2.45, 2.75) is 13.8 Å². The zero-order chi connectivity index (χ0) is 11.4. The number of pyridine rings is 1. The van der Waals surface area contributed by atoms with E-state index < -0.39 is 0 Å². The van der Waals surface area contributed by atoms with Gasteiger partial charge in [0.1, 0.15) is 5.82 Å². The number of nitrogens with one attached hydrogen (secondary N) is 1. The maximum absolute atomic E-state index is 6.05. The molecular formula is C9H14Cl2N4. The van der Waals surface area contributed by atoms with Crippen molar-refractivity contribution in [1.29, 1.82) is 0 Å². The van der Waals surface area contributed by atoms with Crippen molar-refractivity contribution in [1.82, 2.24) is 4.98 Å². The molecule has 4 nitrogen and oxygen atoms in total. The number of anilines is 2. The second kappa shape index (κ2) is 5.39. The van der Waals surface area contributed by atoms with Crippen LogP contribution in [0.4, 0.5) is 11.6 Å². The lowest BCUT2D eigenvalue weighted by Gasteiger charge is -2.21. The van der Waals surface area contributed by atoms with Crippen LogP contribution in [0.25, 0.3) is 0 Å². The third-order valence-electron chi connectivity index (χ3n) is 2.11. The molecule has 0 aromatic carbocycles. The summed E-state index contributed by atoms with van der Waals surface area (Å²) < 4.78 is 0. The first-order valence-corrected chi connectivity index (χ1v) is 5.47. The van der Waals surface area contributed by atoms with Crippen LogP contribution < -0.4 is 16.2 Å². The van der Waals surface area contributed by atoms with E-state index in [0.717, 1.165) is 13.1 Å². The Balaban J connectivity index is 3.17. The average molecular weight is 249 g/mol. The molecule has 3 N–H and O–H groups in total. The largest absolute Gasteiger partial charge is 0.356 e. The van der Waals surface area contributed by atoms with E-state index in [1.165, 1.54) is 0 Å². The molecule has 1 rings (SSSR count). The van der Waals surface area contributed by atoms with Gasteiger partial charge < -0.3 is 10.3 Å². The van der Waals surface area contributed by atoms with Crippen LogP contribution in [-0.2, 0) is 0 Å². The fraction of sp³-hybridized carbons (Fsp3) is 0.444. The fourth-order valence-corrected chi connectivity index (χ4v) is 1.84. The quantitative estimate of drug-likeness (QED) is 0.636. The van der Waals surface area contributed by atoms with Crippen LogP contribution in [0.5, 0.6) is 0 Å². The van der Waals surface area contributed by atoms with Crippen molar-refractivity contribution in [2.75, 3.05) is 23.4 Å². The van der Waals surface area contributed by atoms with Gasteiger partial charge in [-0.2, -0.15) is 0 Å². The molecule has 0 fully saturated rings. The Kier molecular flexibility index (Phi) is 4.45. The van der Waals surface area contributed by atoms with E-state index in [9.17, 15) is 0 Å². The van der Waals surface area contributed by atoms with Gasteiger partial charge in [0.15, 0.2) is 5.82 Å². The third-order valence-corrected chi connectivity index (χ3v) is 2.68. The third kappa shape index (κ3) is 2.65. The molecule has 0 amide bonds. The lowest BCUT2D eigenvalue weighted by molar-refractivity contribution is 0.846. The molecule has 0 radical (unpaired) electrons. The first-order valence-electron chi connectivity index (χ1n) is 4.71. The van der Waals surface area contributed by atoms with Gasteiger partial charge in [0, 0.05) is 13.1 Å². The molecule has 1 aromatic heterocycles. The van der Waals surface area contributed by atoms with Crippen molar-refractivity contribution in [3.8, 4) is 0 Å². The van der Waals surface area contributed by atoms with E-state index in [4.69, 9.17) is 29.0 Å². The summed E-state index contributed by atoms with van der Waals surface area (Å²) in [6, 6.07) is 1.64. The summed E-state index contributed by atoms with van der Waals surface area (Å²) in [5.41, 5.74) is 2.44. The summed E-state index contributed by atoms with van der Waals surface area (Å²) in [5, 5.41) is 0.945. The molecule has 0 aliphatic carbocycles. The Morgan fingerprint density at radius 3 is 2.40 bits per heavy atom. The number of hydrogen-bond acceptors (Lipinski definition) is 4. The van der Waals surface area contributed by atoms with Gasteiger partial charge in [-0.3, -0.25) is 0 Å². The number of aromatic nitrogens is 1. The Morgan fingerprint density at radius 2 is 1.93 bits per heavy atom. The van der Waals surface area contributed by atoms with Gasteiger partial charge in [-0.25, -0.2) is 10.8 Å². The van der Waals surface area contributed by atoms with Gasteiger partial charge in [0.05, 0.1) is 10.0 Å². The van der Waals surface area contributed by atoms with Crippen molar-refractivity contribution in [3.63, 3.8) is 0 Å². The molecule has 0 unspecified atom stereocenters. The lowest BCUT2D eigenvalue weighted by Crippen LogP contribution is -2.24. The summed E-state index contributed by atoms with van der Waals surface area (Å²) in [5.74, 6) is 6.42. The Hall–Kier alpha value is -0.710. The van der Waals surface area contributed by atoms with E-state index in [1.54, 1.807) is 6.07 Å². The second-order valence-electron chi connectivity index (χ2n) is 2.94. The maximum atomic E-state index is 6.05. The number of nitrogens with zero attached hydrogens (tertiary/aromatic N) is 2. The van der Waals surface area contributed by atoms with Crippen molar-refractivity contribution in [2.24, 2.45) is 5.84 Å². The summed E-state index contributed by atoms with van der Waals surface area (Å²) in [6.45, 7) is 5.72. The first kappa shape index (κ1) is 12.4. The van der Waals surface area contributed by atoms with Crippen LogP contribution in [0.15, 0.2) is 6.07 Å². The van der Waals surface area contributed by atoms with E-state index >= 15 is 0 Å². The van der Waals surface area contributed by atoms with Crippen molar-refractivity contribution in [3.05, 3.63) is 16.1 Å². The zero-order valence-electron chi connectivity index (χ0n) is 8.72. The predicted octanol–water partition coefficient (Wildman–Crippen LogP) is 2.52. The van der Waals surface area contributed by atoms with Crippen LogP contribution in [0, 0.1) is 0 Å². The van der Waals surface area contributed by atoms with Crippen LogP contribution in [0.1, 0.15) is 13.8 Å². The molecule has 0 saturated heterocycles. The molecule has 1 aromatic rings. The summed E-state index contributed by atoms with van der Waals surface area (Å²) in [6.07, 6.45) is 0. The Labute approximate surface area is 99.3 Å². The molecule has 0 aliphatic heterocycles. The van der Waals surface area contributed by atoms with Crippen LogP contribution >= 0.6 is 23.2 Å². The van der Waals surface area contributed by atoms with Crippen molar-refractivity contribution < 1.29 is 0 Å². The molecular weight excluding hydrogens is 235 g/mol. The molecule has 84 valence electrons. The highest BCUT2D eigenvalue weighted by Gasteiger charge is 2.12. The lowest BCUT2D eigenvalue weighted by atomic mass is 10.4. The smallest absolute Gasteiger partial charge is 0.161 e. The minimum Gasteiger partial charge on any atom is -0.356 e. The minimum atomic E-state index is 0.415. The monoisotopic (exact) mass is 248 g/mol. The Morgan fingerprint density at radius 1 is 1.33 bits per heavy atom. The number of nitrogens with two attached hydrogens (primary N) is 1. The molecule has 0 aliphatic rings. The second-order valence-corrected chi connectivity index (χ2v) is 3.76. The highest BCUT2D eigenvalue weighted by Crippen LogP contribution is 2.30. The number of nitrogen functional groups attached to an aromatic ring is 1. The fourth-order valence-electron chi connectivity index (χ4n) is 1.30. The Bertz CT molecular complexity index is 339.